The second-order valence-corrected chi connectivity index (χ2v) is 5.69. The Hall–Kier alpha value is -1.06. The Bertz CT molecular complexity index is 293. The van der Waals surface area contributed by atoms with Crippen molar-refractivity contribution in [3.05, 3.63) is 0 Å². The zero-order valence-electron chi connectivity index (χ0n) is 9.85. The molecule has 4 nitrogen and oxygen atoms in total. The summed E-state index contributed by atoms with van der Waals surface area (Å²) in [6, 6.07) is -0.298. The summed E-state index contributed by atoms with van der Waals surface area (Å²) in [5, 5.41) is 0. The number of rotatable bonds is 0. The molecule has 0 aliphatic carbocycles. The molecular weight excluding hydrogens is 204 g/mol. The van der Waals surface area contributed by atoms with Gasteiger partial charge in [0.1, 0.15) is 12.1 Å². The van der Waals surface area contributed by atoms with Crippen LogP contribution in [0, 0.1) is 11.8 Å². The van der Waals surface area contributed by atoms with E-state index in [9.17, 15) is 9.59 Å². The summed E-state index contributed by atoms with van der Waals surface area (Å²) in [4.78, 5) is 28.2. The third-order valence-corrected chi connectivity index (χ3v) is 4.16. The number of fused-ring (bicyclic) bond motifs is 2. The molecule has 4 unspecified atom stereocenters. The quantitative estimate of drug-likeness (QED) is 0.598. The van der Waals surface area contributed by atoms with E-state index in [2.05, 4.69) is 13.8 Å². The minimum Gasteiger partial charge on any atom is -0.329 e. The number of hydrogen-bond donors (Lipinski definition) is 0. The molecule has 0 aromatic rings. The Kier molecular flexibility index (Phi) is 2.03. The van der Waals surface area contributed by atoms with E-state index in [1.807, 2.05) is 9.80 Å². The van der Waals surface area contributed by atoms with E-state index in [-0.39, 0.29) is 23.9 Å². The number of carbonyl (C=O) groups is 2. The Morgan fingerprint density at radius 1 is 0.875 bits per heavy atom. The SMILES string of the molecule is CC1CC2C(=O)N3CC(C)CC3C(=O)N2C1. The van der Waals surface area contributed by atoms with E-state index in [4.69, 9.17) is 0 Å². The predicted octanol–water partition coefficient (Wildman–Crippen LogP) is 0.474. The molecule has 0 radical (unpaired) electrons. The zero-order valence-corrected chi connectivity index (χ0v) is 9.85. The first-order valence-corrected chi connectivity index (χ1v) is 6.19. The minimum atomic E-state index is -0.149. The average molecular weight is 222 g/mol. The van der Waals surface area contributed by atoms with Crippen LogP contribution in [0.3, 0.4) is 0 Å². The first-order valence-electron chi connectivity index (χ1n) is 6.19. The second kappa shape index (κ2) is 3.22. The third-order valence-electron chi connectivity index (χ3n) is 4.16. The minimum absolute atomic E-state index is 0.149. The first kappa shape index (κ1) is 10.1. The molecule has 0 spiro atoms. The van der Waals surface area contributed by atoms with Crippen LogP contribution >= 0.6 is 0 Å². The molecule has 4 heteroatoms. The van der Waals surface area contributed by atoms with Crippen molar-refractivity contribution in [1.29, 1.82) is 0 Å². The van der Waals surface area contributed by atoms with Crippen molar-refractivity contribution in [2.45, 2.75) is 38.8 Å². The van der Waals surface area contributed by atoms with Crippen LogP contribution in [-0.4, -0.2) is 46.8 Å². The molecule has 16 heavy (non-hydrogen) atoms. The summed E-state index contributed by atoms with van der Waals surface area (Å²) in [5.74, 6) is 1.32. The standard InChI is InChI=1S/C12H18N2O2/c1-7-3-9-11(15)14-6-8(2)4-10(14)12(16)13(9)5-7/h7-10H,3-6H2,1-2H3. The van der Waals surface area contributed by atoms with E-state index in [1.165, 1.54) is 0 Å². The van der Waals surface area contributed by atoms with E-state index in [1.54, 1.807) is 0 Å². The van der Waals surface area contributed by atoms with Gasteiger partial charge in [0.05, 0.1) is 0 Å². The molecule has 0 bridgehead atoms. The van der Waals surface area contributed by atoms with Gasteiger partial charge in [-0.2, -0.15) is 0 Å². The highest BCUT2D eigenvalue weighted by molar-refractivity contribution is 5.98. The molecule has 88 valence electrons. The van der Waals surface area contributed by atoms with Crippen molar-refractivity contribution in [2.24, 2.45) is 11.8 Å². The Morgan fingerprint density at radius 2 is 1.25 bits per heavy atom. The van der Waals surface area contributed by atoms with E-state index in [0.29, 0.717) is 11.8 Å². The van der Waals surface area contributed by atoms with Crippen LogP contribution < -0.4 is 0 Å². The van der Waals surface area contributed by atoms with E-state index in [0.717, 1.165) is 25.9 Å². The Morgan fingerprint density at radius 3 is 1.62 bits per heavy atom. The van der Waals surface area contributed by atoms with Gasteiger partial charge in [0, 0.05) is 13.1 Å². The Balaban J connectivity index is 1.92. The highest BCUT2D eigenvalue weighted by Gasteiger charge is 2.52. The van der Waals surface area contributed by atoms with Gasteiger partial charge in [-0.25, -0.2) is 0 Å². The lowest BCUT2D eigenvalue weighted by atomic mass is 10.0. The van der Waals surface area contributed by atoms with Crippen LogP contribution in [0.1, 0.15) is 26.7 Å². The second-order valence-electron chi connectivity index (χ2n) is 5.69. The molecular formula is C12H18N2O2. The predicted molar refractivity (Wildman–Crippen MR) is 58.6 cm³/mol. The molecule has 3 aliphatic rings. The monoisotopic (exact) mass is 222 g/mol. The van der Waals surface area contributed by atoms with Gasteiger partial charge in [-0.3, -0.25) is 9.59 Å². The van der Waals surface area contributed by atoms with Crippen LogP contribution in [0.25, 0.3) is 0 Å². The van der Waals surface area contributed by atoms with E-state index < -0.39 is 0 Å². The van der Waals surface area contributed by atoms with Crippen molar-refractivity contribution in [3.8, 4) is 0 Å². The zero-order chi connectivity index (χ0) is 11.4. The van der Waals surface area contributed by atoms with Gasteiger partial charge in [0.25, 0.3) is 0 Å². The van der Waals surface area contributed by atoms with Gasteiger partial charge in [-0.05, 0) is 24.7 Å². The summed E-state index contributed by atoms with van der Waals surface area (Å²) >= 11 is 0. The fourth-order valence-electron chi connectivity index (χ4n) is 3.43. The highest BCUT2D eigenvalue weighted by Crippen LogP contribution is 2.35. The molecule has 3 fully saturated rings. The fourth-order valence-corrected chi connectivity index (χ4v) is 3.43. The lowest BCUT2D eigenvalue weighted by molar-refractivity contribution is -0.156. The molecule has 3 rings (SSSR count). The lowest BCUT2D eigenvalue weighted by Crippen LogP contribution is -2.60. The number of hydrogen-bond acceptors (Lipinski definition) is 2. The van der Waals surface area contributed by atoms with Crippen molar-refractivity contribution < 1.29 is 9.59 Å². The van der Waals surface area contributed by atoms with Gasteiger partial charge < -0.3 is 9.80 Å². The normalized spacial score (nSPS) is 42.6. The first-order chi connectivity index (χ1) is 7.58. The van der Waals surface area contributed by atoms with Crippen molar-refractivity contribution in [2.75, 3.05) is 13.1 Å². The Labute approximate surface area is 95.6 Å². The van der Waals surface area contributed by atoms with Gasteiger partial charge in [0.15, 0.2) is 0 Å². The average Bonchev–Trinajstić information content (AvgIpc) is 2.78. The maximum atomic E-state index is 12.3. The summed E-state index contributed by atoms with van der Waals surface area (Å²) in [6.45, 7) is 5.78. The van der Waals surface area contributed by atoms with Gasteiger partial charge >= 0.3 is 0 Å². The molecule has 0 aromatic carbocycles. The maximum absolute atomic E-state index is 12.3. The molecule has 3 saturated heterocycles. The lowest BCUT2D eigenvalue weighted by Gasteiger charge is -2.38. The van der Waals surface area contributed by atoms with Gasteiger partial charge in [0.2, 0.25) is 11.8 Å². The summed E-state index contributed by atoms with van der Waals surface area (Å²) in [7, 11) is 0. The number of carbonyl (C=O) groups excluding carboxylic acids is 2. The summed E-state index contributed by atoms with van der Waals surface area (Å²) in [6.07, 6.45) is 1.70. The number of piperazine rings is 1. The molecule has 4 atom stereocenters. The van der Waals surface area contributed by atoms with Crippen LogP contribution in [0.2, 0.25) is 0 Å². The van der Waals surface area contributed by atoms with Crippen molar-refractivity contribution in [3.63, 3.8) is 0 Å². The summed E-state index contributed by atoms with van der Waals surface area (Å²) < 4.78 is 0. The molecule has 0 aromatic heterocycles. The maximum Gasteiger partial charge on any atom is 0.246 e. The highest BCUT2D eigenvalue weighted by atomic mass is 16.2. The topological polar surface area (TPSA) is 40.6 Å². The van der Waals surface area contributed by atoms with Gasteiger partial charge in [-0.1, -0.05) is 13.8 Å². The van der Waals surface area contributed by atoms with Crippen molar-refractivity contribution in [1.82, 2.24) is 9.80 Å². The molecule has 0 saturated carbocycles. The van der Waals surface area contributed by atoms with E-state index >= 15 is 0 Å². The largest absolute Gasteiger partial charge is 0.329 e. The van der Waals surface area contributed by atoms with Crippen LogP contribution in [0.15, 0.2) is 0 Å². The molecule has 3 heterocycles. The molecule has 3 aliphatic heterocycles. The van der Waals surface area contributed by atoms with Crippen molar-refractivity contribution >= 4 is 11.8 Å². The fraction of sp³-hybridized carbons (Fsp3) is 0.833. The van der Waals surface area contributed by atoms with Gasteiger partial charge in [-0.15, -0.1) is 0 Å². The number of amides is 2. The smallest absolute Gasteiger partial charge is 0.246 e. The molecule has 0 N–H and O–H groups in total. The molecule has 2 amide bonds. The van der Waals surface area contributed by atoms with Crippen LogP contribution in [0.5, 0.6) is 0 Å². The van der Waals surface area contributed by atoms with Crippen LogP contribution in [0.4, 0.5) is 0 Å². The third kappa shape index (κ3) is 1.22. The van der Waals surface area contributed by atoms with Crippen LogP contribution in [-0.2, 0) is 9.59 Å². The summed E-state index contributed by atoms with van der Waals surface area (Å²) in [5.41, 5.74) is 0. The number of nitrogens with zero attached hydrogens (tertiary/aromatic N) is 2.